The second kappa shape index (κ2) is 13.9. The molecule has 5 aromatic rings. The summed E-state index contributed by atoms with van der Waals surface area (Å²) in [6.07, 6.45) is 1.64. The standard InChI is InChI=1S/C34H30I2N4O4/c1-20(2)25-17-26(21(3)14-30(25)43-4)33-39-29-13-9-8-12-24(29)34(42)40(33)37-18-22-15-27(35)32(28(36)16-22)44-19-31(41)38-23-10-6-5-7-11-23/h5-18,20H,19H2,1-4H3,(H,38,41). The molecule has 5 rings (SSSR count). The fourth-order valence-electron chi connectivity index (χ4n) is 4.74. The highest BCUT2D eigenvalue weighted by Crippen LogP contribution is 2.34. The first-order valence-electron chi connectivity index (χ1n) is 13.9. The molecule has 0 aliphatic heterocycles. The van der Waals surface area contributed by atoms with Gasteiger partial charge >= 0.3 is 0 Å². The number of anilines is 1. The minimum Gasteiger partial charge on any atom is -0.496 e. The molecule has 0 atom stereocenters. The molecule has 44 heavy (non-hydrogen) atoms. The van der Waals surface area contributed by atoms with Gasteiger partial charge in [-0.2, -0.15) is 9.78 Å². The minimum absolute atomic E-state index is 0.130. The van der Waals surface area contributed by atoms with Crippen LogP contribution in [0.4, 0.5) is 5.69 Å². The summed E-state index contributed by atoms with van der Waals surface area (Å²) in [5, 5.41) is 7.97. The molecule has 0 radical (unpaired) electrons. The van der Waals surface area contributed by atoms with Gasteiger partial charge in [-0.05, 0) is 123 Å². The zero-order valence-corrected chi connectivity index (χ0v) is 28.9. The number of para-hydroxylation sites is 2. The number of fused-ring (bicyclic) bond motifs is 1. The normalized spacial score (nSPS) is 11.3. The Labute approximate surface area is 282 Å². The lowest BCUT2D eigenvalue weighted by molar-refractivity contribution is -0.118. The van der Waals surface area contributed by atoms with Gasteiger partial charge in [-0.3, -0.25) is 9.59 Å². The van der Waals surface area contributed by atoms with Crippen molar-refractivity contribution in [3.8, 4) is 22.9 Å². The number of amides is 1. The van der Waals surface area contributed by atoms with E-state index in [0.29, 0.717) is 28.2 Å². The summed E-state index contributed by atoms with van der Waals surface area (Å²) in [6, 6.07) is 24.3. The van der Waals surface area contributed by atoms with Gasteiger partial charge in [0.15, 0.2) is 12.4 Å². The highest BCUT2D eigenvalue weighted by molar-refractivity contribution is 14.1. The van der Waals surface area contributed by atoms with Crippen LogP contribution >= 0.6 is 45.2 Å². The molecule has 0 unspecified atom stereocenters. The number of rotatable bonds is 9. The molecule has 0 saturated carbocycles. The highest BCUT2D eigenvalue weighted by Gasteiger charge is 2.19. The van der Waals surface area contributed by atoms with Gasteiger partial charge in [0.05, 0.1) is 31.4 Å². The van der Waals surface area contributed by atoms with Gasteiger partial charge in [0.2, 0.25) is 0 Å². The zero-order chi connectivity index (χ0) is 31.4. The summed E-state index contributed by atoms with van der Waals surface area (Å²) in [5.74, 6) is 1.79. The third-order valence-corrected chi connectivity index (χ3v) is 8.54. The Balaban J connectivity index is 1.50. The lowest BCUT2D eigenvalue weighted by atomic mass is 9.96. The van der Waals surface area contributed by atoms with Crippen molar-refractivity contribution in [2.45, 2.75) is 26.7 Å². The zero-order valence-electron chi connectivity index (χ0n) is 24.6. The topological polar surface area (TPSA) is 94.8 Å². The number of carbonyl (C=O) groups excluding carboxylic acids is 1. The van der Waals surface area contributed by atoms with Crippen molar-refractivity contribution in [2.75, 3.05) is 19.0 Å². The highest BCUT2D eigenvalue weighted by atomic mass is 127. The van der Waals surface area contributed by atoms with Crippen LogP contribution < -0.4 is 20.3 Å². The first-order valence-corrected chi connectivity index (χ1v) is 16.0. The van der Waals surface area contributed by atoms with Gasteiger partial charge in [-0.1, -0.05) is 44.2 Å². The van der Waals surface area contributed by atoms with Crippen LogP contribution in [0.3, 0.4) is 0 Å². The molecule has 8 nitrogen and oxygen atoms in total. The predicted octanol–water partition coefficient (Wildman–Crippen LogP) is 7.61. The van der Waals surface area contributed by atoms with Crippen molar-refractivity contribution >= 4 is 73.9 Å². The van der Waals surface area contributed by atoms with Crippen molar-refractivity contribution in [2.24, 2.45) is 5.10 Å². The number of aromatic nitrogens is 2. The molecule has 0 bridgehead atoms. The van der Waals surface area contributed by atoms with Crippen LogP contribution in [-0.2, 0) is 4.79 Å². The van der Waals surface area contributed by atoms with Crippen LogP contribution in [0.15, 0.2) is 88.8 Å². The maximum atomic E-state index is 13.8. The Morgan fingerprint density at radius 3 is 2.39 bits per heavy atom. The number of halogens is 2. The molecular formula is C34H30I2N4O4. The molecule has 1 heterocycles. The summed E-state index contributed by atoms with van der Waals surface area (Å²) in [6.45, 7) is 6.04. The summed E-state index contributed by atoms with van der Waals surface area (Å²) < 4.78 is 14.5. The first-order chi connectivity index (χ1) is 21.2. The van der Waals surface area contributed by atoms with Crippen LogP contribution in [0, 0.1) is 14.1 Å². The number of hydrogen-bond acceptors (Lipinski definition) is 6. The van der Waals surface area contributed by atoms with Crippen LogP contribution in [0.1, 0.15) is 36.5 Å². The van der Waals surface area contributed by atoms with E-state index >= 15 is 0 Å². The van der Waals surface area contributed by atoms with Gasteiger partial charge in [0.1, 0.15) is 11.5 Å². The monoisotopic (exact) mass is 812 g/mol. The second-order valence-electron chi connectivity index (χ2n) is 10.4. The Bertz CT molecular complexity index is 1920. The largest absolute Gasteiger partial charge is 0.496 e. The van der Waals surface area contributed by atoms with E-state index in [1.165, 1.54) is 4.68 Å². The Morgan fingerprint density at radius 2 is 1.70 bits per heavy atom. The van der Waals surface area contributed by atoms with E-state index in [9.17, 15) is 9.59 Å². The number of nitrogens with zero attached hydrogens (tertiary/aromatic N) is 3. The van der Waals surface area contributed by atoms with Crippen LogP contribution in [0.5, 0.6) is 11.5 Å². The second-order valence-corrected chi connectivity index (χ2v) is 12.7. The molecule has 1 N–H and O–H groups in total. The average Bonchev–Trinajstić information content (AvgIpc) is 3.00. The van der Waals surface area contributed by atoms with E-state index in [4.69, 9.17) is 14.5 Å². The van der Waals surface area contributed by atoms with Crippen LogP contribution in [-0.4, -0.2) is 35.5 Å². The quantitative estimate of drug-likeness (QED) is 0.122. The Hall–Kier alpha value is -3.78. The number of methoxy groups -OCH3 is 1. The van der Waals surface area contributed by atoms with E-state index in [2.05, 4.69) is 69.4 Å². The molecule has 0 aliphatic rings. The summed E-state index contributed by atoms with van der Waals surface area (Å²) in [7, 11) is 1.66. The number of aryl methyl sites for hydroxylation is 1. The maximum Gasteiger partial charge on any atom is 0.282 e. The van der Waals surface area contributed by atoms with Crippen molar-refractivity contribution in [1.29, 1.82) is 0 Å². The fraction of sp³-hybridized carbons (Fsp3) is 0.176. The first kappa shape index (κ1) is 31.6. The smallest absolute Gasteiger partial charge is 0.282 e. The van der Waals surface area contributed by atoms with Crippen LogP contribution in [0.25, 0.3) is 22.3 Å². The minimum atomic E-state index is -0.267. The van der Waals surface area contributed by atoms with E-state index in [1.807, 2.05) is 79.7 Å². The van der Waals surface area contributed by atoms with Gasteiger partial charge in [-0.25, -0.2) is 4.98 Å². The molecule has 0 saturated heterocycles. The summed E-state index contributed by atoms with van der Waals surface area (Å²) in [4.78, 5) is 31.1. The molecule has 0 spiro atoms. The van der Waals surface area contributed by atoms with Crippen molar-refractivity contribution in [1.82, 2.24) is 9.66 Å². The number of carbonyl (C=O) groups is 1. The lowest BCUT2D eigenvalue weighted by Crippen LogP contribution is -2.21. The van der Waals surface area contributed by atoms with Gasteiger partial charge in [0, 0.05) is 11.3 Å². The third kappa shape index (κ3) is 6.96. The summed E-state index contributed by atoms with van der Waals surface area (Å²) in [5.41, 5.74) is 4.54. The van der Waals surface area contributed by atoms with Crippen molar-refractivity contribution < 1.29 is 14.3 Å². The van der Waals surface area contributed by atoms with E-state index < -0.39 is 0 Å². The number of nitrogens with one attached hydrogen (secondary N) is 1. The molecule has 10 heteroatoms. The maximum absolute atomic E-state index is 13.8. The van der Waals surface area contributed by atoms with Crippen LogP contribution in [0.2, 0.25) is 0 Å². The van der Waals surface area contributed by atoms with Gasteiger partial charge < -0.3 is 14.8 Å². The molecule has 4 aromatic carbocycles. The SMILES string of the molecule is COc1cc(C)c(-c2nc3ccccc3c(=O)n2N=Cc2cc(I)c(OCC(=O)Nc3ccccc3)c(I)c2)cc1C(C)C. The van der Waals surface area contributed by atoms with Crippen molar-refractivity contribution in [3.05, 3.63) is 113 Å². The van der Waals surface area contributed by atoms with E-state index in [1.54, 1.807) is 19.4 Å². The third-order valence-electron chi connectivity index (χ3n) is 6.94. The molecule has 1 amide bonds. The Morgan fingerprint density at radius 1 is 1.02 bits per heavy atom. The molecular weight excluding hydrogens is 782 g/mol. The van der Waals surface area contributed by atoms with Gasteiger partial charge in [0.25, 0.3) is 11.5 Å². The lowest BCUT2D eigenvalue weighted by Gasteiger charge is -2.17. The number of hydrogen-bond donors (Lipinski definition) is 1. The predicted molar refractivity (Wildman–Crippen MR) is 192 cm³/mol. The molecule has 0 fully saturated rings. The summed E-state index contributed by atoms with van der Waals surface area (Å²) >= 11 is 4.35. The molecule has 224 valence electrons. The van der Waals surface area contributed by atoms with Crippen molar-refractivity contribution in [3.63, 3.8) is 0 Å². The fourth-order valence-corrected chi connectivity index (χ4v) is 6.87. The van der Waals surface area contributed by atoms with E-state index in [0.717, 1.165) is 35.1 Å². The van der Waals surface area contributed by atoms with E-state index in [-0.39, 0.29) is 24.0 Å². The molecule has 1 aromatic heterocycles. The Kier molecular flexibility index (Phi) is 9.99. The number of ether oxygens (including phenoxy) is 2. The number of benzene rings is 4. The molecule has 0 aliphatic carbocycles. The average molecular weight is 812 g/mol. The van der Waals surface area contributed by atoms with Gasteiger partial charge in [-0.15, -0.1) is 0 Å².